The molecular weight excluding hydrogens is 741 g/mol. The lowest BCUT2D eigenvalue weighted by Crippen LogP contribution is -2.60. The Balaban J connectivity index is 2.48. The van der Waals surface area contributed by atoms with Gasteiger partial charge in [0.15, 0.2) is 6.29 Å². The first-order valence-corrected chi connectivity index (χ1v) is 22.8. The zero-order valence-electron chi connectivity index (χ0n) is 34.4. The maximum atomic E-state index is 12.8. The molecule has 1 heterocycles. The van der Waals surface area contributed by atoms with Crippen molar-refractivity contribution >= 4 is 16.4 Å². The maximum absolute atomic E-state index is 12.8. The predicted octanol–water partition coefficient (Wildman–Crippen LogP) is 8.41. The van der Waals surface area contributed by atoms with Gasteiger partial charge < -0.3 is 34.3 Å². The van der Waals surface area contributed by atoms with Crippen LogP contribution in [0, 0.1) is 0 Å². The predicted molar refractivity (Wildman–Crippen MR) is 220 cm³/mol. The van der Waals surface area contributed by atoms with E-state index < -0.39 is 59.8 Å². The normalized spacial score (nSPS) is 21.3. The van der Waals surface area contributed by atoms with Crippen molar-refractivity contribution < 1.29 is 56.2 Å². The zero-order valence-corrected chi connectivity index (χ0v) is 35.2. The smallest absolute Gasteiger partial charge is 0.397 e. The largest absolute Gasteiger partial charge is 0.457 e. The molecule has 12 nitrogen and oxygen atoms in total. The number of rotatable bonds is 36. The van der Waals surface area contributed by atoms with Crippen LogP contribution >= 0.6 is 0 Å². The Labute approximate surface area is 338 Å². The summed E-state index contributed by atoms with van der Waals surface area (Å²) in [6, 6.07) is 0. The Morgan fingerprint density at radius 2 is 1.21 bits per heavy atom. The van der Waals surface area contributed by atoms with E-state index in [2.05, 4.69) is 66.6 Å². The number of aliphatic hydroxyl groups excluding tert-OH is 3. The molecule has 0 aromatic heterocycles. The van der Waals surface area contributed by atoms with Gasteiger partial charge in [-0.3, -0.25) is 9.35 Å². The van der Waals surface area contributed by atoms with Crippen LogP contribution in [-0.4, -0.2) is 97.5 Å². The van der Waals surface area contributed by atoms with E-state index in [0.717, 1.165) is 89.9 Å². The van der Waals surface area contributed by atoms with Crippen LogP contribution in [0.1, 0.15) is 155 Å². The van der Waals surface area contributed by atoms with Crippen LogP contribution in [-0.2, 0) is 38.3 Å². The van der Waals surface area contributed by atoms with E-state index in [1.165, 1.54) is 38.5 Å². The van der Waals surface area contributed by atoms with Crippen LogP contribution in [0.2, 0.25) is 0 Å². The lowest BCUT2D eigenvalue weighted by atomic mass is 9.99. The van der Waals surface area contributed by atoms with Gasteiger partial charge in [-0.25, -0.2) is 4.18 Å². The Kier molecular flexibility index (Phi) is 32.6. The summed E-state index contributed by atoms with van der Waals surface area (Å²) in [7, 11) is -5.06. The third kappa shape index (κ3) is 28.5. The van der Waals surface area contributed by atoms with Crippen molar-refractivity contribution in [2.75, 3.05) is 26.4 Å². The molecule has 0 aromatic rings. The first kappa shape index (κ1) is 52.1. The van der Waals surface area contributed by atoms with Crippen LogP contribution in [0.25, 0.3) is 0 Å². The van der Waals surface area contributed by atoms with Gasteiger partial charge in [0.05, 0.1) is 19.8 Å². The summed E-state index contributed by atoms with van der Waals surface area (Å²) in [6.45, 7) is 3.84. The molecule has 1 saturated heterocycles. The third-order valence-electron chi connectivity index (χ3n) is 9.40. The molecule has 0 spiro atoms. The number of esters is 1. The van der Waals surface area contributed by atoms with Crippen molar-refractivity contribution in [3.8, 4) is 0 Å². The number of unbranched alkanes of at least 4 members (excludes halogenated alkanes) is 15. The Morgan fingerprint density at radius 1 is 0.679 bits per heavy atom. The second kappa shape index (κ2) is 35.0. The Hall–Kier alpha value is -1.94. The second-order valence-corrected chi connectivity index (χ2v) is 15.6. The molecule has 13 heteroatoms. The van der Waals surface area contributed by atoms with E-state index in [1.54, 1.807) is 0 Å². The van der Waals surface area contributed by atoms with E-state index in [9.17, 15) is 28.5 Å². The molecule has 4 N–H and O–H groups in total. The second-order valence-electron chi connectivity index (χ2n) is 14.6. The number of carbonyl (C=O) groups excluding carboxylic acids is 1. The van der Waals surface area contributed by atoms with Crippen LogP contribution in [0.3, 0.4) is 0 Å². The van der Waals surface area contributed by atoms with Crippen molar-refractivity contribution in [1.29, 1.82) is 0 Å². The molecule has 1 aliphatic rings. The number of hydrogen-bond donors (Lipinski definition) is 4. The topological polar surface area (TPSA) is 178 Å². The molecule has 6 unspecified atom stereocenters. The minimum atomic E-state index is -5.06. The fourth-order valence-corrected chi connectivity index (χ4v) is 6.66. The highest BCUT2D eigenvalue weighted by Crippen LogP contribution is 2.26. The van der Waals surface area contributed by atoms with Gasteiger partial charge in [-0.2, -0.15) is 8.42 Å². The Bertz CT molecular complexity index is 1170. The van der Waals surface area contributed by atoms with E-state index in [0.29, 0.717) is 13.0 Å². The first-order chi connectivity index (χ1) is 27.1. The number of aliphatic hydroxyl groups is 3. The van der Waals surface area contributed by atoms with Crippen molar-refractivity contribution in [3.63, 3.8) is 0 Å². The third-order valence-corrected chi connectivity index (χ3v) is 9.87. The molecule has 0 radical (unpaired) electrons. The minimum absolute atomic E-state index is 0.0215. The average molecular weight is 817 g/mol. The molecule has 1 fully saturated rings. The summed E-state index contributed by atoms with van der Waals surface area (Å²) < 4.78 is 58.9. The summed E-state index contributed by atoms with van der Waals surface area (Å²) in [5.41, 5.74) is 0. The molecule has 1 aliphatic heterocycles. The van der Waals surface area contributed by atoms with Gasteiger partial charge in [-0.05, 0) is 70.6 Å². The van der Waals surface area contributed by atoms with Gasteiger partial charge in [0.1, 0.15) is 30.5 Å². The van der Waals surface area contributed by atoms with Crippen molar-refractivity contribution in [2.45, 2.75) is 192 Å². The van der Waals surface area contributed by atoms with Gasteiger partial charge in [0, 0.05) is 13.0 Å². The standard InChI is InChI=1S/C43H76O12S/c1-3-5-7-9-11-13-15-17-19-20-22-24-26-28-30-32-39(45)53-37(35-51-33-31-29-27-25-23-21-18-16-14-12-10-8-6-4-2)36-52-43-41(47)42(55-56(48,49)50)40(46)38(34-44)54-43/h8,10-11,13-14,16-17,19,37-38,40-44,46-47H,3-7,9,12,15,18,20-36H2,1-2H3,(H,48,49,50)/b10-8-,13-11-,16-14-,19-17-. The quantitative estimate of drug-likeness (QED) is 0.0206. The molecular formula is C43H76O12S. The number of ether oxygens (including phenoxy) is 4. The van der Waals surface area contributed by atoms with E-state index in [-0.39, 0.29) is 19.6 Å². The Morgan fingerprint density at radius 3 is 1.77 bits per heavy atom. The lowest BCUT2D eigenvalue weighted by molar-refractivity contribution is -0.301. The highest BCUT2D eigenvalue weighted by atomic mass is 32.3. The summed E-state index contributed by atoms with van der Waals surface area (Å²) in [5.74, 6) is -0.419. The molecule has 0 aromatic carbocycles. The molecule has 326 valence electrons. The molecule has 0 aliphatic carbocycles. The number of hydrogen-bond acceptors (Lipinski definition) is 11. The summed E-state index contributed by atoms with van der Waals surface area (Å²) in [6.07, 6.45) is 31.4. The molecule has 1 rings (SSSR count). The molecule has 0 amide bonds. The average Bonchev–Trinajstić information content (AvgIpc) is 3.17. The molecule has 0 saturated carbocycles. The van der Waals surface area contributed by atoms with Crippen LogP contribution in [0.5, 0.6) is 0 Å². The highest BCUT2D eigenvalue weighted by Gasteiger charge is 2.48. The van der Waals surface area contributed by atoms with E-state index in [4.69, 9.17) is 23.5 Å². The minimum Gasteiger partial charge on any atom is -0.457 e. The van der Waals surface area contributed by atoms with E-state index in [1.807, 2.05) is 0 Å². The van der Waals surface area contributed by atoms with Gasteiger partial charge in [-0.15, -0.1) is 0 Å². The van der Waals surface area contributed by atoms with E-state index >= 15 is 0 Å². The van der Waals surface area contributed by atoms with Crippen LogP contribution < -0.4 is 0 Å². The zero-order chi connectivity index (χ0) is 41.1. The highest BCUT2D eigenvalue weighted by molar-refractivity contribution is 7.80. The number of carbonyl (C=O) groups is 1. The van der Waals surface area contributed by atoms with Gasteiger partial charge in [-0.1, -0.05) is 127 Å². The van der Waals surface area contributed by atoms with Gasteiger partial charge in [0.2, 0.25) is 0 Å². The maximum Gasteiger partial charge on any atom is 0.397 e. The lowest BCUT2D eigenvalue weighted by Gasteiger charge is -2.41. The summed E-state index contributed by atoms with van der Waals surface area (Å²) >= 11 is 0. The molecule has 56 heavy (non-hydrogen) atoms. The molecule has 0 bridgehead atoms. The fourth-order valence-electron chi connectivity index (χ4n) is 6.15. The fraction of sp³-hybridized carbons (Fsp3) is 0.791. The number of allylic oxidation sites excluding steroid dienone is 8. The first-order valence-electron chi connectivity index (χ1n) is 21.4. The van der Waals surface area contributed by atoms with Crippen LogP contribution in [0.4, 0.5) is 0 Å². The van der Waals surface area contributed by atoms with Crippen molar-refractivity contribution in [1.82, 2.24) is 0 Å². The van der Waals surface area contributed by atoms with Crippen LogP contribution in [0.15, 0.2) is 48.6 Å². The van der Waals surface area contributed by atoms with Gasteiger partial charge >= 0.3 is 16.4 Å². The molecule has 6 atom stereocenters. The monoisotopic (exact) mass is 817 g/mol. The van der Waals surface area contributed by atoms with Gasteiger partial charge in [0.25, 0.3) is 0 Å². The SMILES string of the molecule is CCC/C=C\C/C=C\CCCCCCCCOCC(COC1OC(CO)C(O)C(OS(=O)(=O)O)C1O)OC(=O)CCCCCCC/C=C\C/C=C\CCCCC. The van der Waals surface area contributed by atoms with Crippen molar-refractivity contribution in [2.24, 2.45) is 0 Å². The van der Waals surface area contributed by atoms with Crippen molar-refractivity contribution in [3.05, 3.63) is 48.6 Å². The summed E-state index contributed by atoms with van der Waals surface area (Å²) in [5, 5.41) is 30.6. The summed E-state index contributed by atoms with van der Waals surface area (Å²) in [4.78, 5) is 12.8.